The Hall–Kier alpha value is -1.06. The Balaban J connectivity index is 4.32. The molecule has 0 fully saturated rings. The van der Waals surface area contributed by atoms with Gasteiger partial charge in [-0.25, -0.2) is 0 Å². The van der Waals surface area contributed by atoms with Gasteiger partial charge in [0.1, 0.15) is 0 Å². The van der Waals surface area contributed by atoms with Crippen LogP contribution in [0.2, 0.25) is 0 Å². The molecule has 1 atom stereocenters. The van der Waals surface area contributed by atoms with Crippen molar-refractivity contribution in [2.45, 2.75) is 66.4 Å². The van der Waals surface area contributed by atoms with Crippen LogP contribution in [-0.4, -0.2) is 24.6 Å². The molecule has 0 aliphatic heterocycles. The highest BCUT2D eigenvalue weighted by molar-refractivity contribution is 5.99. The predicted octanol–water partition coefficient (Wildman–Crippen LogP) is 3.09. The predicted molar refractivity (Wildman–Crippen MR) is 70.1 cm³/mol. The van der Waals surface area contributed by atoms with Crippen molar-refractivity contribution in [1.82, 2.24) is 0 Å². The van der Waals surface area contributed by atoms with Gasteiger partial charge in [0.25, 0.3) is 0 Å². The van der Waals surface area contributed by atoms with Gasteiger partial charge in [0.15, 0.2) is 5.41 Å². The van der Waals surface area contributed by atoms with Gasteiger partial charge >= 0.3 is 11.9 Å². The molecular weight excluding hydrogens is 232 g/mol. The lowest BCUT2D eigenvalue weighted by Gasteiger charge is -2.23. The Kier molecular flexibility index (Phi) is 7.64. The molecule has 0 bridgehead atoms. The summed E-state index contributed by atoms with van der Waals surface area (Å²) in [6, 6.07) is 0. The zero-order valence-electron chi connectivity index (χ0n) is 12.2. The summed E-state index contributed by atoms with van der Waals surface area (Å²) < 4.78 is 10.3. The molecule has 0 spiro atoms. The van der Waals surface area contributed by atoms with Gasteiger partial charge in [0, 0.05) is 0 Å². The summed E-state index contributed by atoms with van der Waals surface area (Å²) in [6.07, 6.45) is 3.34. The molecule has 0 saturated carbocycles. The molecule has 18 heavy (non-hydrogen) atoms. The lowest BCUT2D eigenvalue weighted by molar-refractivity contribution is -0.172. The minimum atomic E-state index is -1.23. The van der Waals surface area contributed by atoms with Crippen molar-refractivity contribution in [2.24, 2.45) is 5.41 Å². The fraction of sp³-hybridized carbons (Fsp3) is 0.857. The van der Waals surface area contributed by atoms with Gasteiger partial charge in [-0.15, -0.1) is 0 Å². The molecule has 0 aliphatic carbocycles. The minimum absolute atomic E-state index is 0.162. The monoisotopic (exact) mass is 258 g/mol. The Labute approximate surface area is 110 Å². The summed E-state index contributed by atoms with van der Waals surface area (Å²) in [5, 5.41) is 0. The first-order valence-electron chi connectivity index (χ1n) is 6.74. The number of hydrogen-bond acceptors (Lipinski definition) is 4. The molecule has 0 aliphatic rings. The van der Waals surface area contributed by atoms with E-state index in [1.165, 1.54) is 0 Å². The number of esters is 2. The molecule has 0 heterocycles. The van der Waals surface area contributed by atoms with E-state index in [0.717, 1.165) is 25.7 Å². The van der Waals surface area contributed by atoms with Crippen LogP contribution < -0.4 is 0 Å². The third-order valence-corrected chi connectivity index (χ3v) is 2.76. The van der Waals surface area contributed by atoms with Gasteiger partial charge < -0.3 is 9.47 Å². The van der Waals surface area contributed by atoms with Crippen molar-refractivity contribution < 1.29 is 19.1 Å². The second-order valence-electron chi connectivity index (χ2n) is 5.12. The largest absolute Gasteiger partial charge is 0.465 e. The standard InChI is InChI=1S/C14H26O4/c1-6-8-10-17-12(15)14(4,5)13(16)18-11(3)9-7-2/h11H,6-10H2,1-5H3. The second kappa shape index (κ2) is 8.11. The fourth-order valence-corrected chi connectivity index (χ4v) is 1.37. The van der Waals surface area contributed by atoms with E-state index in [1.54, 1.807) is 13.8 Å². The van der Waals surface area contributed by atoms with Crippen LogP contribution in [0.3, 0.4) is 0 Å². The Bertz CT molecular complexity index is 271. The van der Waals surface area contributed by atoms with Gasteiger partial charge in [-0.1, -0.05) is 26.7 Å². The van der Waals surface area contributed by atoms with E-state index < -0.39 is 17.4 Å². The highest BCUT2D eigenvalue weighted by Crippen LogP contribution is 2.21. The van der Waals surface area contributed by atoms with Crippen LogP contribution >= 0.6 is 0 Å². The van der Waals surface area contributed by atoms with Crippen molar-refractivity contribution in [3.63, 3.8) is 0 Å². The molecule has 4 heteroatoms. The van der Waals surface area contributed by atoms with Gasteiger partial charge in [0.2, 0.25) is 0 Å². The molecule has 0 saturated heterocycles. The van der Waals surface area contributed by atoms with E-state index in [0.29, 0.717) is 6.61 Å². The van der Waals surface area contributed by atoms with Gasteiger partial charge in [-0.3, -0.25) is 9.59 Å². The highest BCUT2D eigenvalue weighted by atomic mass is 16.6. The zero-order chi connectivity index (χ0) is 14.2. The number of hydrogen-bond donors (Lipinski definition) is 0. The third-order valence-electron chi connectivity index (χ3n) is 2.76. The lowest BCUT2D eigenvalue weighted by Crippen LogP contribution is -2.38. The van der Waals surface area contributed by atoms with Crippen LogP contribution in [0.5, 0.6) is 0 Å². The third kappa shape index (κ3) is 5.52. The Morgan fingerprint density at radius 3 is 2.22 bits per heavy atom. The first-order chi connectivity index (χ1) is 8.36. The highest BCUT2D eigenvalue weighted by Gasteiger charge is 2.40. The van der Waals surface area contributed by atoms with Crippen LogP contribution in [0.15, 0.2) is 0 Å². The molecule has 0 radical (unpaired) electrons. The van der Waals surface area contributed by atoms with E-state index in [2.05, 4.69) is 0 Å². The fourth-order valence-electron chi connectivity index (χ4n) is 1.37. The molecular formula is C14H26O4. The lowest BCUT2D eigenvalue weighted by atomic mass is 9.94. The van der Waals surface area contributed by atoms with Gasteiger partial charge in [-0.2, -0.15) is 0 Å². The first-order valence-corrected chi connectivity index (χ1v) is 6.74. The van der Waals surface area contributed by atoms with E-state index >= 15 is 0 Å². The second-order valence-corrected chi connectivity index (χ2v) is 5.12. The van der Waals surface area contributed by atoms with Gasteiger partial charge in [-0.05, 0) is 33.6 Å². The number of rotatable bonds is 8. The summed E-state index contributed by atoms with van der Waals surface area (Å²) in [7, 11) is 0. The van der Waals surface area contributed by atoms with E-state index in [9.17, 15) is 9.59 Å². The van der Waals surface area contributed by atoms with E-state index in [-0.39, 0.29) is 6.10 Å². The summed E-state index contributed by atoms with van der Waals surface area (Å²) in [4.78, 5) is 23.7. The average Bonchev–Trinajstić information content (AvgIpc) is 2.29. The number of unbranched alkanes of at least 4 members (excludes halogenated alkanes) is 1. The Morgan fingerprint density at radius 2 is 1.72 bits per heavy atom. The zero-order valence-corrected chi connectivity index (χ0v) is 12.2. The first kappa shape index (κ1) is 16.9. The molecule has 106 valence electrons. The molecule has 0 N–H and O–H groups in total. The number of carbonyl (C=O) groups excluding carboxylic acids is 2. The Morgan fingerprint density at radius 1 is 1.11 bits per heavy atom. The molecule has 0 amide bonds. The van der Waals surface area contributed by atoms with Crippen LogP contribution in [0, 0.1) is 5.41 Å². The van der Waals surface area contributed by atoms with Crippen LogP contribution in [0.4, 0.5) is 0 Å². The minimum Gasteiger partial charge on any atom is -0.465 e. The van der Waals surface area contributed by atoms with Crippen LogP contribution in [0.1, 0.15) is 60.3 Å². The quantitative estimate of drug-likeness (QED) is 0.381. The summed E-state index contributed by atoms with van der Waals surface area (Å²) in [5.74, 6) is -1.02. The molecule has 0 rings (SSSR count). The summed E-state index contributed by atoms with van der Waals surface area (Å²) in [6.45, 7) is 9.31. The SMILES string of the molecule is CCCCOC(=O)C(C)(C)C(=O)OC(C)CCC. The maximum atomic E-state index is 11.9. The van der Waals surface area contributed by atoms with E-state index in [1.807, 2.05) is 20.8 Å². The van der Waals surface area contributed by atoms with Crippen molar-refractivity contribution in [2.75, 3.05) is 6.61 Å². The van der Waals surface area contributed by atoms with Crippen molar-refractivity contribution in [3.8, 4) is 0 Å². The molecule has 0 aromatic heterocycles. The maximum absolute atomic E-state index is 11.9. The molecule has 1 unspecified atom stereocenters. The van der Waals surface area contributed by atoms with Crippen LogP contribution in [-0.2, 0) is 19.1 Å². The maximum Gasteiger partial charge on any atom is 0.323 e. The van der Waals surface area contributed by atoms with Crippen molar-refractivity contribution in [3.05, 3.63) is 0 Å². The van der Waals surface area contributed by atoms with Crippen molar-refractivity contribution in [1.29, 1.82) is 0 Å². The van der Waals surface area contributed by atoms with Gasteiger partial charge in [0.05, 0.1) is 12.7 Å². The number of carbonyl (C=O) groups is 2. The molecule has 0 aromatic rings. The normalized spacial score (nSPS) is 12.9. The average molecular weight is 258 g/mol. The van der Waals surface area contributed by atoms with Crippen molar-refractivity contribution >= 4 is 11.9 Å². The summed E-state index contributed by atoms with van der Waals surface area (Å²) >= 11 is 0. The topological polar surface area (TPSA) is 52.6 Å². The summed E-state index contributed by atoms with van der Waals surface area (Å²) in [5.41, 5.74) is -1.23. The molecule has 4 nitrogen and oxygen atoms in total. The smallest absolute Gasteiger partial charge is 0.323 e. The van der Waals surface area contributed by atoms with E-state index in [4.69, 9.17) is 9.47 Å². The van der Waals surface area contributed by atoms with Crippen LogP contribution in [0.25, 0.3) is 0 Å². The number of ether oxygens (including phenoxy) is 2. The molecule has 0 aromatic carbocycles.